The first-order valence-corrected chi connectivity index (χ1v) is 9.71. The molecule has 2 fully saturated rings. The van der Waals surface area contributed by atoms with Gasteiger partial charge in [0, 0.05) is 24.2 Å². The van der Waals surface area contributed by atoms with Crippen LogP contribution in [0.25, 0.3) is 0 Å². The minimum absolute atomic E-state index is 0.450. The predicted octanol–water partition coefficient (Wildman–Crippen LogP) is 4.06. The van der Waals surface area contributed by atoms with Crippen molar-refractivity contribution in [1.82, 2.24) is 0 Å². The maximum absolute atomic E-state index is 12.8. The molecule has 0 unspecified atom stereocenters. The molecule has 24 heavy (non-hydrogen) atoms. The normalized spacial score (nSPS) is 23.5. The van der Waals surface area contributed by atoms with Crippen molar-refractivity contribution in [1.29, 1.82) is 0 Å². The molecule has 130 valence electrons. The summed E-state index contributed by atoms with van der Waals surface area (Å²) < 4.78 is 10.9. The Labute approximate surface area is 147 Å². The van der Waals surface area contributed by atoms with E-state index in [1.807, 2.05) is 18.4 Å². The summed E-state index contributed by atoms with van der Waals surface area (Å²) in [5.74, 6) is -2.96. The van der Waals surface area contributed by atoms with E-state index in [0.29, 0.717) is 0 Å². The summed E-state index contributed by atoms with van der Waals surface area (Å²) in [5.41, 5.74) is 0.554. The van der Waals surface area contributed by atoms with E-state index in [0.717, 1.165) is 42.6 Å². The van der Waals surface area contributed by atoms with Gasteiger partial charge in [0.05, 0.1) is 0 Å². The highest BCUT2D eigenvalue weighted by molar-refractivity contribution is 7.98. The van der Waals surface area contributed by atoms with Crippen LogP contribution in [0.3, 0.4) is 0 Å². The van der Waals surface area contributed by atoms with Crippen molar-refractivity contribution in [3.05, 3.63) is 29.8 Å². The van der Waals surface area contributed by atoms with Crippen LogP contribution in [0.15, 0.2) is 29.2 Å². The molecule has 3 rings (SSSR count). The first kappa shape index (κ1) is 17.3. The zero-order valence-electron chi connectivity index (χ0n) is 14.5. The maximum atomic E-state index is 12.8. The van der Waals surface area contributed by atoms with Gasteiger partial charge in [-0.05, 0) is 30.7 Å². The van der Waals surface area contributed by atoms with Gasteiger partial charge in [-0.1, -0.05) is 37.5 Å². The number of benzene rings is 1. The molecule has 1 saturated heterocycles. The Hall–Kier alpha value is -1.49. The Morgan fingerprint density at radius 2 is 1.58 bits per heavy atom. The number of ether oxygens (including phenoxy) is 2. The molecule has 0 spiro atoms. The van der Waals surface area contributed by atoms with Gasteiger partial charge < -0.3 is 9.47 Å². The Morgan fingerprint density at radius 3 is 2.17 bits per heavy atom. The van der Waals surface area contributed by atoms with E-state index in [1.54, 1.807) is 25.6 Å². The van der Waals surface area contributed by atoms with Crippen molar-refractivity contribution in [3.8, 4) is 0 Å². The molecule has 2 aliphatic rings. The second-order valence-electron chi connectivity index (χ2n) is 7.09. The zero-order valence-corrected chi connectivity index (χ0v) is 15.3. The number of rotatable bonds is 3. The lowest BCUT2D eigenvalue weighted by Gasteiger charge is -2.46. The Balaban J connectivity index is 2.10. The van der Waals surface area contributed by atoms with Gasteiger partial charge in [0.25, 0.3) is 5.79 Å². The van der Waals surface area contributed by atoms with Crippen LogP contribution in [0.5, 0.6) is 0 Å². The molecule has 4 nitrogen and oxygen atoms in total. The number of hydrogen-bond acceptors (Lipinski definition) is 5. The van der Waals surface area contributed by atoms with E-state index in [-0.39, 0.29) is 0 Å². The van der Waals surface area contributed by atoms with Crippen LogP contribution >= 0.6 is 11.8 Å². The van der Waals surface area contributed by atoms with Crippen molar-refractivity contribution in [2.24, 2.45) is 5.92 Å². The third-order valence-electron chi connectivity index (χ3n) is 5.11. The molecular weight excluding hydrogens is 324 g/mol. The summed E-state index contributed by atoms with van der Waals surface area (Å²) in [6, 6.07) is 8.08. The van der Waals surface area contributed by atoms with Gasteiger partial charge in [-0.3, -0.25) is 9.59 Å². The molecule has 1 aromatic carbocycles. The average molecular weight is 348 g/mol. The van der Waals surface area contributed by atoms with Gasteiger partial charge in [0.2, 0.25) is 0 Å². The van der Waals surface area contributed by atoms with Crippen molar-refractivity contribution >= 4 is 23.7 Å². The fourth-order valence-corrected chi connectivity index (χ4v) is 4.83. The summed E-state index contributed by atoms with van der Waals surface area (Å²) in [6.07, 6.45) is 6.77. The lowest BCUT2D eigenvalue weighted by atomic mass is 9.61. The van der Waals surface area contributed by atoms with Crippen LogP contribution in [0.4, 0.5) is 0 Å². The third kappa shape index (κ3) is 2.94. The number of esters is 2. The summed E-state index contributed by atoms with van der Waals surface area (Å²) in [4.78, 5) is 26.7. The van der Waals surface area contributed by atoms with Crippen LogP contribution in [0.1, 0.15) is 51.5 Å². The van der Waals surface area contributed by atoms with Crippen LogP contribution in [0.2, 0.25) is 0 Å². The molecule has 1 heterocycles. The van der Waals surface area contributed by atoms with Gasteiger partial charge in [0.1, 0.15) is 0 Å². The van der Waals surface area contributed by atoms with Crippen LogP contribution in [0, 0.1) is 5.92 Å². The summed E-state index contributed by atoms with van der Waals surface area (Å²) in [6.45, 7) is 3.20. The Kier molecular flexibility index (Phi) is 4.65. The standard InChI is InChI=1S/C19H24O4S/c1-18(2)22-16(20)15(17(21)23-18)19(11-7-4-8-12-19)13-9-5-6-10-14(13)24-3/h5-6,9-10,15H,4,7-8,11-12H2,1-3H3. The number of thioether (sulfide) groups is 1. The molecule has 0 radical (unpaired) electrons. The van der Waals surface area contributed by atoms with E-state index in [4.69, 9.17) is 9.47 Å². The molecular formula is C19H24O4S. The SMILES string of the molecule is CSc1ccccc1C1(C2C(=O)OC(C)(C)OC2=O)CCCCC1. The molecule has 1 aliphatic heterocycles. The number of carbonyl (C=O) groups excluding carboxylic acids is 2. The fraction of sp³-hybridized carbons (Fsp3) is 0.579. The van der Waals surface area contributed by atoms with Crippen molar-refractivity contribution in [2.45, 2.75) is 62.0 Å². The molecule has 0 amide bonds. The first-order valence-electron chi connectivity index (χ1n) is 8.49. The highest BCUT2D eigenvalue weighted by Crippen LogP contribution is 2.50. The second kappa shape index (κ2) is 6.43. The van der Waals surface area contributed by atoms with E-state index in [9.17, 15) is 9.59 Å². The maximum Gasteiger partial charge on any atom is 0.324 e. The monoisotopic (exact) mass is 348 g/mol. The zero-order chi connectivity index (χ0) is 17.4. The lowest BCUT2D eigenvalue weighted by molar-refractivity contribution is -0.244. The lowest BCUT2D eigenvalue weighted by Crippen LogP contribution is -2.55. The van der Waals surface area contributed by atoms with E-state index in [1.165, 1.54) is 0 Å². The van der Waals surface area contributed by atoms with E-state index >= 15 is 0 Å². The molecule has 0 aromatic heterocycles. The molecule has 1 aliphatic carbocycles. The molecule has 0 bridgehead atoms. The first-order chi connectivity index (χ1) is 11.4. The number of carbonyl (C=O) groups is 2. The topological polar surface area (TPSA) is 52.6 Å². The molecule has 5 heteroatoms. The molecule has 0 atom stereocenters. The van der Waals surface area contributed by atoms with Crippen molar-refractivity contribution < 1.29 is 19.1 Å². The van der Waals surface area contributed by atoms with E-state index < -0.39 is 29.1 Å². The molecule has 0 N–H and O–H groups in total. The van der Waals surface area contributed by atoms with Gasteiger partial charge in [0.15, 0.2) is 5.92 Å². The summed E-state index contributed by atoms with van der Waals surface area (Å²) >= 11 is 1.65. The van der Waals surface area contributed by atoms with Gasteiger partial charge >= 0.3 is 11.9 Å². The quantitative estimate of drug-likeness (QED) is 0.468. The van der Waals surface area contributed by atoms with Crippen molar-refractivity contribution in [3.63, 3.8) is 0 Å². The molecule has 1 aromatic rings. The Morgan fingerprint density at radius 1 is 1.00 bits per heavy atom. The summed E-state index contributed by atoms with van der Waals surface area (Å²) in [5, 5.41) is 0. The second-order valence-corrected chi connectivity index (χ2v) is 7.94. The number of hydrogen-bond donors (Lipinski definition) is 0. The van der Waals surface area contributed by atoms with Gasteiger partial charge in [-0.15, -0.1) is 11.8 Å². The Bertz CT molecular complexity index is 627. The van der Waals surface area contributed by atoms with Crippen LogP contribution < -0.4 is 0 Å². The number of cyclic esters (lactones) is 2. The average Bonchev–Trinajstić information content (AvgIpc) is 2.53. The fourth-order valence-electron chi connectivity index (χ4n) is 4.12. The van der Waals surface area contributed by atoms with Gasteiger partial charge in [-0.2, -0.15) is 0 Å². The minimum atomic E-state index is -1.18. The van der Waals surface area contributed by atoms with E-state index in [2.05, 4.69) is 12.1 Å². The van der Waals surface area contributed by atoms with Crippen LogP contribution in [-0.2, 0) is 24.5 Å². The predicted molar refractivity (Wildman–Crippen MR) is 92.7 cm³/mol. The smallest absolute Gasteiger partial charge is 0.324 e. The minimum Gasteiger partial charge on any atom is -0.422 e. The summed E-state index contributed by atoms with van der Waals surface area (Å²) in [7, 11) is 0. The van der Waals surface area contributed by atoms with Gasteiger partial charge in [-0.25, -0.2) is 0 Å². The van der Waals surface area contributed by atoms with Crippen LogP contribution in [-0.4, -0.2) is 24.0 Å². The largest absolute Gasteiger partial charge is 0.422 e. The van der Waals surface area contributed by atoms with Crippen molar-refractivity contribution in [2.75, 3.05) is 6.26 Å². The molecule has 1 saturated carbocycles. The third-order valence-corrected chi connectivity index (χ3v) is 5.90. The highest BCUT2D eigenvalue weighted by atomic mass is 32.2. The highest BCUT2D eigenvalue weighted by Gasteiger charge is 2.56.